The summed E-state index contributed by atoms with van der Waals surface area (Å²) < 4.78 is 1.94. The second-order valence-electron chi connectivity index (χ2n) is 8.28. The van der Waals surface area contributed by atoms with E-state index in [4.69, 9.17) is 4.98 Å². The van der Waals surface area contributed by atoms with Gasteiger partial charge in [-0.05, 0) is 6.42 Å². The number of fused-ring (bicyclic) bond motifs is 1. The zero-order valence-electron chi connectivity index (χ0n) is 17.3. The quantitative estimate of drug-likeness (QED) is 0.786. The molecule has 8 nitrogen and oxygen atoms in total. The Balaban J connectivity index is 1.40. The fourth-order valence-electron chi connectivity index (χ4n) is 4.20. The summed E-state index contributed by atoms with van der Waals surface area (Å²) in [5.41, 5.74) is 2.07. The van der Waals surface area contributed by atoms with Gasteiger partial charge in [0.15, 0.2) is 0 Å². The van der Waals surface area contributed by atoms with Crippen LogP contribution in [0.3, 0.4) is 0 Å². The third kappa shape index (κ3) is 4.02. The van der Waals surface area contributed by atoms with Crippen molar-refractivity contribution >= 4 is 11.8 Å². The Morgan fingerprint density at radius 3 is 2.79 bits per heavy atom. The van der Waals surface area contributed by atoms with E-state index in [-0.39, 0.29) is 23.7 Å². The van der Waals surface area contributed by atoms with Gasteiger partial charge in [0, 0.05) is 75.5 Å². The van der Waals surface area contributed by atoms with Gasteiger partial charge in [-0.25, -0.2) is 15.0 Å². The van der Waals surface area contributed by atoms with Crippen molar-refractivity contribution in [3.8, 4) is 0 Å². The van der Waals surface area contributed by atoms with E-state index in [1.807, 2.05) is 26.8 Å². The van der Waals surface area contributed by atoms with Crippen LogP contribution in [0.1, 0.15) is 61.9 Å². The van der Waals surface area contributed by atoms with Crippen LogP contribution >= 0.6 is 0 Å². The molecular formula is C21H28N6O2. The summed E-state index contributed by atoms with van der Waals surface area (Å²) in [5, 5.41) is 0. The molecule has 2 aliphatic rings. The van der Waals surface area contributed by atoms with Gasteiger partial charge in [0.05, 0.1) is 5.69 Å². The standard InChI is InChI=1S/C21H28N6O2/c1-14(2)21-22-6-9-27(21)13-19(29)26-7-4-16(11-26)20-23-10-17-12-25(15(3)28)8-5-18(17)24-20/h6,9-10,14,16H,4-5,7-8,11-13H2,1-3H3. The molecule has 2 aliphatic heterocycles. The molecule has 0 N–H and O–H groups in total. The highest BCUT2D eigenvalue weighted by Gasteiger charge is 2.30. The Bertz CT molecular complexity index is 922. The molecule has 0 spiro atoms. The normalized spacial score (nSPS) is 19.0. The second kappa shape index (κ2) is 7.93. The molecule has 4 heterocycles. The van der Waals surface area contributed by atoms with Gasteiger partial charge in [-0.1, -0.05) is 13.8 Å². The van der Waals surface area contributed by atoms with E-state index in [9.17, 15) is 9.59 Å². The topological polar surface area (TPSA) is 84.2 Å². The summed E-state index contributed by atoms with van der Waals surface area (Å²) in [6.07, 6.45) is 7.13. The highest BCUT2D eigenvalue weighted by atomic mass is 16.2. The van der Waals surface area contributed by atoms with Crippen LogP contribution in [0.2, 0.25) is 0 Å². The zero-order valence-corrected chi connectivity index (χ0v) is 17.3. The van der Waals surface area contributed by atoms with Gasteiger partial charge in [-0.3, -0.25) is 9.59 Å². The number of carbonyl (C=O) groups excluding carboxylic acids is 2. The maximum atomic E-state index is 12.8. The molecule has 29 heavy (non-hydrogen) atoms. The van der Waals surface area contributed by atoms with Gasteiger partial charge in [0.25, 0.3) is 0 Å². The maximum absolute atomic E-state index is 12.8. The number of hydrogen-bond donors (Lipinski definition) is 0. The molecule has 0 radical (unpaired) electrons. The number of rotatable bonds is 4. The summed E-state index contributed by atoms with van der Waals surface area (Å²) in [7, 11) is 0. The summed E-state index contributed by atoms with van der Waals surface area (Å²) in [5.74, 6) is 2.41. The molecule has 1 atom stereocenters. The number of nitrogens with zero attached hydrogens (tertiary/aromatic N) is 6. The fourth-order valence-corrected chi connectivity index (χ4v) is 4.20. The largest absolute Gasteiger partial charge is 0.340 e. The number of hydrogen-bond acceptors (Lipinski definition) is 5. The first-order chi connectivity index (χ1) is 13.9. The molecule has 1 unspecified atom stereocenters. The number of likely N-dealkylation sites (tertiary alicyclic amines) is 1. The number of carbonyl (C=O) groups is 2. The third-order valence-electron chi connectivity index (χ3n) is 5.87. The smallest absolute Gasteiger partial charge is 0.242 e. The fraction of sp³-hybridized carbons (Fsp3) is 0.571. The molecule has 0 aliphatic carbocycles. The molecule has 154 valence electrons. The van der Waals surface area contributed by atoms with Gasteiger partial charge in [0.1, 0.15) is 18.2 Å². The van der Waals surface area contributed by atoms with Crippen LogP contribution in [0.5, 0.6) is 0 Å². The van der Waals surface area contributed by atoms with Crippen molar-refractivity contribution in [1.82, 2.24) is 29.3 Å². The first-order valence-electron chi connectivity index (χ1n) is 10.3. The first-order valence-corrected chi connectivity index (χ1v) is 10.3. The van der Waals surface area contributed by atoms with Crippen LogP contribution in [0.15, 0.2) is 18.6 Å². The van der Waals surface area contributed by atoms with Gasteiger partial charge < -0.3 is 14.4 Å². The Hall–Kier alpha value is -2.77. The molecule has 0 aromatic carbocycles. The lowest BCUT2D eigenvalue weighted by Crippen LogP contribution is -2.35. The van der Waals surface area contributed by atoms with Gasteiger partial charge in [0.2, 0.25) is 11.8 Å². The Kier molecular flexibility index (Phi) is 5.34. The highest BCUT2D eigenvalue weighted by Crippen LogP contribution is 2.27. The van der Waals surface area contributed by atoms with Crippen LogP contribution in [0.4, 0.5) is 0 Å². The van der Waals surface area contributed by atoms with E-state index in [0.29, 0.717) is 26.2 Å². The SMILES string of the molecule is CC(=O)N1CCc2nc(C3CCN(C(=O)Cn4ccnc4C(C)C)C3)ncc2C1. The summed E-state index contributed by atoms with van der Waals surface area (Å²) in [6, 6.07) is 0. The van der Waals surface area contributed by atoms with E-state index in [1.165, 1.54) is 0 Å². The Morgan fingerprint density at radius 1 is 1.21 bits per heavy atom. The minimum absolute atomic E-state index is 0.0863. The van der Waals surface area contributed by atoms with Gasteiger partial charge in [-0.2, -0.15) is 0 Å². The van der Waals surface area contributed by atoms with E-state index in [0.717, 1.165) is 42.3 Å². The summed E-state index contributed by atoms with van der Waals surface area (Å²) in [6.45, 7) is 8.76. The Labute approximate surface area is 171 Å². The molecular weight excluding hydrogens is 368 g/mol. The molecule has 1 saturated heterocycles. The lowest BCUT2D eigenvalue weighted by molar-refractivity contribution is -0.131. The van der Waals surface area contributed by atoms with E-state index in [1.54, 1.807) is 13.1 Å². The summed E-state index contributed by atoms with van der Waals surface area (Å²) in [4.78, 5) is 41.9. The van der Waals surface area contributed by atoms with Crippen molar-refractivity contribution in [2.24, 2.45) is 0 Å². The van der Waals surface area contributed by atoms with Crippen molar-refractivity contribution in [3.63, 3.8) is 0 Å². The predicted octanol–water partition coefficient (Wildman–Crippen LogP) is 1.72. The van der Waals surface area contributed by atoms with E-state index in [2.05, 4.69) is 23.8 Å². The highest BCUT2D eigenvalue weighted by molar-refractivity contribution is 5.76. The third-order valence-corrected chi connectivity index (χ3v) is 5.87. The van der Waals surface area contributed by atoms with E-state index >= 15 is 0 Å². The summed E-state index contributed by atoms with van der Waals surface area (Å²) >= 11 is 0. The predicted molar refractivity (Wildman–Crippen MR) is 107 cm³/mol. The number of imidazole rings is 1. The molecule has 2 aromatic rings. The van der Waals surface area contributed by atoms with Crippen molar-refractivity contribution in [2.75, 3.05) is 19.6 Å². The molecule has 2 amide bonds. The average molecular weight is 396 g/mol. The van der Waals surface area contributed by atoms with Crippen molar-refractivity contribution in [3.05, 3.63) is 41.5 Å². The van der Waals surface area contributed by atoms with Crippen LogP contribution in [0.25, 0.3) is 0 Å². The van der Waals surface area contributed by atoms with Crippen molar-refractivity contribution < 1.29 is 9.59 Å². The van der Waals surface area contributed by atoms with Crippen LogP contribution in [-0.2, 0) is 29.1 Å². The minimum atomic E-state index is 0.0863. The number of aromatic nitrogens is 4. The molecule has 0 bridgehead atoms. The van der Waals surface area contributed by atoms with Crippen molar-refractivity contribution in [1.29, 1.82) is 0 Å². The van der Waals surface area contributed by atoms with E-state index < -0.39 is 0 Å². The first kappa shape index (κ1) is 19.5. The average Bonchev–Trinajstić information content (AvgIpc) is 3.36. The molecule has 8 heteroatoms. The van der Waals surface area contributed by atoms with Crippen LogP contribution in [0, 0.1) is 0 Å². The lowest BCUT2D eigenvalue weighted by Gasteiger charge is -2.27. The monoisotopic (exact) mass is 396 g/mol. The lowest BCUT2D eigenvalue weighted by atomic mass is 10.0. The van der Waals surface area contributed by atoms with Crippen molar-refractivity contribution in [2.45, 2.75) is 58.5 Å². The van der Waals surface area contributed by atoms with Gasteiger partial charge >= 0.3 is 0 Å². The number of amides is 2. The van der Waals surface area contributed by atoms with Crippen LogP contribution in [-0.4, -0.2) is 60.8 Å². The molecule has 2 aromatic heterocycles. The van der Waals surface area contributed by atoms with Gasteiger partial charge in [-0.15, -0.1) is 0 Å². The molecule has 1 fully saturated rings. The maximum Gasteiger partial charge on any atom is 0.242 e. The zero-order chi connectivity index (χ0) is 20.5. The molecule has 4 rings (SSSR count). The minimum Gasteiger partial charge on any atom is -0.340 e. The van der Waals surface area contributed by atoms with Crippen LogP contribution < -0.4 is 0 Å². The molecule has 0 saturated carbocycles. The second-order valence-corrected chi connectivity index (χ2v) is 8.28. The Morgan fingerprint density at radius 2 is 2.03 bits per heavy atom.